The number of nitrogens with zero attached hydrogens (tertiary/aromatic N) is 1. The number of carbonyl (C=O) groups is 1. The van der Waals surface area contributed by atoms with Crippen molar-refractivity contribution in [2.24, 2.45) is 5.92 Å². The molecule has 1 amide bonds. The maximum atomic E-state index is 12.3. The van der Waals surface area contributed by atoms with E-state index < -0.39 is 0 Å². The zero-order valence-corrected chi connectivity index (χ0v) is 11.0. The molecule has 0 radical (unpaired) electrons. The summed E-state index contributed by atoms with van der Waals surface area (Å²) in [5.74, 6) is 0.821. The third-order valence-corrected chi connectivity index (χ3v) is 3.81. The SMILES string of the molecule is CC1(C)COCCN1C(=O)CC1CCCNC1. The average Bonchev–Trinajstić information content (AvgIpc) is 2.29. The molecule has 2 fully saturated rings. The zero-order chi connectivity index (χ0) is 12.3. The summed E-state index contributed by atoms with van der Waals surface area (Å²) in [6, 6.07) is 0. The Labute approximate surface area is 104 Å². The molecule has 0 aromatic heterocycles. The van der Waals surface area contributed by atoms with Crippen molar-refractivity contribution in [2.45, 2.75) is 38.6 Å². The molecular weight excluding hydrogens is 216 g/mol. The van der Waals surface area contributed by atoms with E-state index in [9.17, 15) is 4.79 Å². The smallest absolute Gasteiger partial charge is 0.223 e. The summed E-state index contributed by atoms with van der Waals surface area (Å²) >= 11 is 0. The maximum Gasteiger partial charge on any atom is 0.223 e. The van der Waals surface area contributed by atoms with E-state index in [0.29, 0.717) is 31.5 Å². The Morgan fingerprint density at radius 3 is 3.00 bits per heavy atom. The van der Waals surface area contributed by atoms with Crippen molar-refractivity contribution in [3.05, 3.63) is 0 Å². The summed E-state index contributed by atoms with van der Waals surface area (Å²) in [5, 5.41) is 3.37. The van der Waals surface area contributed by atoms with E-state index in [-0.39, 0.29) is 5.54 Å². The Kier molecular flexibility index (Phi) is 4.05. The van der Waals surface area contributed by atoms with E-state index >= 15 is 0 Å². The maximum absolute atomic E-state index is 12.3. The number of piperidine rings is 1. The fourth-order valence-corrected chi connectivity index (χ4v) is 2.78. The van der Waals surface area contributed by atoms with E-state index in [1.807, 2.05) is 4.90 Å². The van der Waals surface area contributed by atoms with Crippen molar-refractivity contribution in [1.29, 1.82) is 0 Å². The van der Waals surface area contributed by atoms with Crippen LogP contribution in [0.2, 0.25) is 0 Å². The van der Waals surface area contributed by atoms with Crippen molar-refractivity contribution >= 4 is 5.91 Å². The number of amides is 1. The Bertz CT molecular complexity index is 273. The quantitative estimate of drug-likeness (QED) is 0.783. The molecule has 1 atom stereocenters. The standard InChI is InChI=1S/C13H24N2O2/c1-13(2)10-17-7-6-15(13)12(16)8-11-4-3-5-14-9-11/h11,14H,3-10H2,1-2H3. The highest BCUT2D eigenvalue weighted by Crippen LogP contribution is 2.23. The zero-order valence-electron chi connectivity index (χ0n) is 11.0. The number of hydrogen-bond donors (Lipinski definition) is 1. The predicted octanol–water partition coefficient (Wildman–Crippen LogP) is 1.01. The Hall–Kier alpha value is -0.610. The van der Waals surface area contributed by atoms with E-state index in [1.165, 1.54) is 12.8 Å². The second-order valence-electron chi connectivity index (χ2n) is 5.83. The summed E-state index contributed by atoms with van der Waals surface area (Å²) in [6.07, 6.45) is 3.07. The number of carbonyl (C=O) groups excluding carboxylic acids is 1. The molecule has 2 rings (SSSR count). The molecule has 0 bridgehead atoms. The van der Waals surface area contributed by atoms with Gasteiger partial charge in [0.25, 0.3) is 0 Å². The molecule has 1 unspecified atom stereocenters. The molecule has 4 heteroatoms. The fraction of sp³-hybridized carbons (Fsp3) is 0.923. The highest BCUT2D eigenvalue weighted by Gasteiger charge is 2.34. The van der Waals surface area contributed by atoms with Crippen molar-refractivity contribution in [2.75, 3.05) is 32.8 Å². The van der Waals surface area contributed by atoms with Gasteiger partial charge in [-0.2, -0.15) is 0 Å². The number of ether oxygens (including phenoxy) is 1. The first-order chi connectivity index (χ1) is 8.09. The highest BCUT2D eigenvalue weighted by atomic mass is 16.5. The molecule has 98 valence electrons. The van der Waals surface area contributed by atoms with Gasteiger partial charge in [0.2, 0.25) is 5.91 Å². The summed E-state index contributed by atoms with van der Waals surface area (Å²) < 4.78 is 5.45. The van der Waals surface area contributed by atoms with Crippen molar-refractivity contribution in [3.63, 3.8) is 0 Å². The van der Waals surface area contributed by atoms with E-state index in [0.717, 1.165) is 19.6 Å². The van der Waals surface area contributed by atoms with Crippen molar-refractivity contribution < 1.29 is 9.53 Å². The molecule has 2 saturated heterocycles. The van der Waals surface area contributed by atoms with Gasteiger partial charge in [0.1, 0.15) is 0 Å². The van der Waals surface area contributed by atoms with Crippen LogP contribution in [0.4, 0.5) is 0 Å². The van der Waals surface area contributed by atoms with E-state index in [2.05, 4.69) is 19.2 Å². The van der Waals surface area contributed by atoms with E-state index in [1.54, 1.807) is 0 Å². The summed E-state index contributed by atoms with van der Waals surface area (Å²) in [6.45, 7) is 8.35. The van der Waals surface area contributed by atoms with Crippen molar-refractivity contribution in [1.82, 2.24) is 10.2 Å². The van der Waals surface area contributed by atoms with Gasteiger partial charge in [-0.1, -0.05) is 0 Å². The average molecular weight is 240 g/mol. The number of morpholine rings is 1. The largest absolute Gasteiger partial charge is 0.377 e. The summed E-state index contributed by atoms with van der Waals surface area (Å²) in [4.78, 5) is 14.3. The molecule has 2 heterocycles. The molecule has 0 spiro atoms. The minimum atomic E-state index is -0.141. The monoisotopic (exact) mass is 240 g/mol. The molecule has 2 aliphatic rings. The number of hydrogen-bond acceptors (Lipinski definition) is 3. The van der Waals surface area contributed by atoms with Crippen LogP contribution in [0, 0.1) is 5.92 Å². The molecular formula is C13H24N2O2. The van der Waals surface area contributed by atoms with Gasteiger partial charge in [0.05, 0.1) is 18.8 Å². The van der Waals surface area contributed by atoms with Crippen LogP contribution in [0.25, 0.3) is 0 Å². The molecule has 2 aliphatic heterocycles. The lowest BCUT2D eigenvalue weighted by atomic mass is 9.94. The van der Waals surface area contributed by atoms with Gasteiger partial charge >= 0.3 is 0 Å². The summed E-state index contributed by atoms with van der Waals surface area (Å²) in [5.41, 5.74) is -0.141. The molecule has 17 heavy (non-hydrogen) atoms. The molecule has 0 aromatic rings. The lowest BCUT2D eigenvalue weighted by molar-refractivity contribution is -0.147. The second kappa shape index (κ2) is 5.36. The predicted molar refractivity (Wildman–Crippen MR) is 66.8 cm³/mol. The second-order valence-corrected chi connectivity index (χ2v) is 5.83. The van der Waals surface area contributed by atoms with E-state index in [4.69, 9.17) is 4.74 Å². The third-order valence-electron chi connectivity index (χ3n) is 3.81. The Morgan fingerprint density at radius 2 is 2.35 bits per heavy atom. The van der Waals surface area contributed by atoms with Crippen LogP contribution in [0.1, 0.15) is 33.1 Å². The minimum absolute atomic E-state index is 0.141. The van der Waals surface area contributed by atoms with Crippen LogP contribution in [0.3, 0.4) is 0 Å². The van der Waals surface area contributed by atoms with Crippen LogP contribution >= 0.6 is 0 Å². The van der Waals surface area contributed by atoms with Gasteiger partial charge in [-0.25, -0.2) is 0 Å². The molecule has 0 aliphatic carbocycles. The van der Waals surface area contributed by atoms with Crippen LogP contribution in [-0.2, 0) is 9.53 Å². The van der Waals surface area contributed by atoms with Crippen LogP contribution in [-0.4, -0.2) is 49.2 Å². The number of nitrogens with one attached hydrogen (secondary N) is 1. The molecule has 0 aromatic carbocycles. The Balaban J connectivity index is 1.89. The third kappa shape index (κ3) is 3.19. The topological polar surface area (TPSA) is 41.6 Å². The first-order valence-electron chi connectivity index (χ1n) is 6.68. The fourth-order valence-electron chi connectivity index (χ4n) is 2.78. The first-order valence-corrected chi connectivity index (χ1v) is 6.68. The van der Waals surface area contributed by atoms with Gasteiger partial charge in [0.15, 0.2) is 0 Å². The highest BCUT2D eigenvalue weighted by molar-refractivity contribution is 5.77. The van der Waals surface area contributed by atoms with Gasteiger partial charge in [0, 0.05) is 13.0 Å². The minimum Gasteiger partial charge on any atom is -0.377 e. The van der Waals surface area contributed by atoms with Crippen LogP contribution in [0.15, 0.2) is 0 Å². The van der Waals surface area contributed by atoms with Gasteiger partial charge < -0.3 is 15.0 Å². The lowest BCUT2D eigenvalue weighted by Crippen LogP contribution is -2.56. The molecule has 4 nitrogen and oxygen atoms in total. The normalized spacial score (nSPS) is 29.1. The Morgan fingerprint density at radius 1 is 1.53 bits per heavy atom. The van der Waals surface area contributed by atoms with Crippen LogP contribution in [0.5, 0.6) is 0 Å². The lowest BCUT2D eigenvalue weighted by Gasteiger charge is -2.42. The van der Waals surface area contributed by atoms with Crippen LogP contribution < -0.4 is 5.32 Å². The number of rotatable bonds is 2. The molecule has 1 N–H and O–H groups in total. The van der Waals surface area contributed by atoms with Gasteiger partial charge in [-0.3, -0.25) is 4.79 Å². The first kappa shape index (κ1) is 12.8. The van der Waals surface area contributed by atoms with Crippen molar-refractivity contribution in [3.8, 4) is 0 Å². The molecule has 0 saturated carbocycles. The summed E-state index contributed by atoms with van der Waals surface area (Å²) in [7, 11) is 0. The van der Waals surface area contributed by atoms with Gasteiger partial charge in [-0.15, -0.1) is 0 Å². The van der Waals surface area contributed by atoms with Gasteiger partial charge in [-0.05, 0) is 45.7 Å².